The third kappa shape index (κ3) is 2.43. The first kappa shape index (κ1) is 13.5. The van der Waals surface area contributed by atoms with Crippen LogP contribution in [0.5, 0.6) is 0 Å². The van der Waals surface area contributed by atoms with Crippen LogP contribution in [0.25, 0.3) is 0 Å². The van der Waals surface area contributed by atoms with E-state index in [2.05, 4.69) is 0 Å². The van der Waals surface area contributed by atoms with Crippen molar-refractivity contribution in [2.45, 2.75) is 19.4 Å². The topological polar surface area (TPSA) is 57.6 Å². The molecule has 102 valence electrons. The van der Waals surface area contributed by atoms with Crippen molar-refractivity contribution in [1.29, 1.82) is 0 Å². The van der Waals surface area contributed by atoms with E-state index in [4.69, 9.17) is 5.11 Å². The minimum atomic E-state index is -1.36. The number of benzene rings is 1. The summed E-state index contributed by atoms with van der Waals surface area (Å²) in [6.07, 6.45) is 0.578. The number of carbonyl (C=O) groups excluding carboxylic acids is 1. The van der Waals surface area contributed by atoms with Crippen LogP contribution in [0.4, 0.5) is 8.78 Å². The molecule has 1 N–H and O–H groups in total. The van der Waals surface area contributed by atoms with E-state index in [1.54, 1.807) is 0 Å². The van der Waals surface area contributed by atoms with Gasteiger partial charge in [0, 0.05) is 19.2 Å². The highest BCUT2D eigenvalue weighted by molar-refractivity contribution is 6.04. The molecule has 1 aliphatic carbocycles. The standard InChI is InChI=1S/C13H13F2NO3/c1-16(11(17)13(4-5-13)12(18)19)7-8-6-9(14)2-3-10(8)15/h2-3,6H,4-5,7H2,1H3,(H,18,19). The molecule has 0 aliphatic heterocycles. The van der Waals surface area contributed by atoms with Crippen LogP contribution >= 0.6 is 0 Å². The predicted octanol–water partition coefficient (Wildman–Crippen LogP) is 1.79. The molecular formula is C13H13F2NO3. The van der Waals surface area contributed by atoms with Crippen LogP contribution < -0.4 is 0 Å². The molecule has 1 aromatic carbocycles. The molecule has 1 amide bonds. The summed E-state index contributed by atoms with van der Waals surface area (Å²) < 4.78 is 26.5. The van der Waals surface area contributed by atoms with Gasteiger partial charge in [-0.1, -0.05) is 0 Å². The number of carboxylic acids is 1. The van der Waals surface area contributed by atoms with Gasteiger partial charge in [0.25, 0.3) is 0 Å². The zero-order valence-electron chi connectivity index (χ0n) is 10.3. The van der Waals surface area contributed by atoms with Crippen LogP contribution in [0.2, 0.25) is 0 Å². The third-order valence-electron chi connectivity index (χ3n) is 3.33. The molecular weight excluding hydrogens is 256 g/mol. The Hall–Kier alpha value is -1.98. The molecule has 2 rings (SSSR count). The minimum absolute atomic E-state index is 0.0250. The molecule has 0 saturated heterocycles. The first-order valence-electron chi connectivity index (χ1n) is 5.80. The van der Waals surface area contributed by atoms with E-state index in [-0.39, 0.29) is 24.9 Å². The summed E-state index contributed by atoms with van der Waals surface area (Å²) >= 11 is 0. The van der Waals surface area contributed by atoms with Crippen molar-refractivity contribution in [3.8, 4) is 0 Å². The number of amides is 1. The van der Waals surface area contributed by atoms with Gasteiger partial charge in [-0.05, 0) is 31.0 Å². The maximum absolute atomic E-state index is 13.4. The summed E-state index contributed by atoms with van der Waals surface area (Å²) in [5.74, 6) is -2.95. The van der Waals surface area contributed by atoms with Crippen LogP contribution in [-0.2, 0) is 16.1 Å². The normalized spacial score (nSPS) is 15.9. The number of aliphatic carboxylic acids is 1. The summed E-state index contributed by atoms with van der Waals surface area (Å²) in [5, 5.41) is 9.01. The quantitative estimate of drug-likeness (QED) is 0.848. The monoisotopic (exact) mass is 269 g/mol. The highest BCUT2D eigenvalue weighted by Crippen LogP contribution is 2.47. The molecule has 0 aromatic heterocycles. The number of hydrogen-bond acceptors (Lipinski definition) is 2. The molecule has 0 heterocycles. The van der Waals surface area contributed by atoms with Crippen molar-refractivity contribution in [3.05, 3.63) is 35.4 Å². The van der Waals surface area contributed by atoms with Gasteiger partial charge in [-0.15, -0.1) is 0 Å². The van der Waals surface area contributed by atoms with Crippen LogP contribution in [-0.4, -0.2) is 28.9 Å². The van der Waals surface area contributed by atoms with Gasteiger partial charge in [0.1, 0.15) is 17.0 Å². The van der Waals surface area contributed by atoms with E-state index < -0.39 is 28.9 Å². The lowest BCUT2D eigenvalue weighted by atomic mass is 10.1. The Balaban J connectivity index is 2.13. The summed E-state index contributed by atoms with van der Waals surface area (Å²) in [6.45, 7) is -0.155. The van der Waals surface area contributed by atoms with Gasteiger partial charge in [0.2, 0.25) is 5.91 Å². The number of carboxylic acid groups (broad SMARTS) is 1. The second-order valence-corrected chi connectivity index (χ2v) is 4.78. The van der Waals surface area contributed by atoms with Crippen molar-refractivity contribution in [3.63, 3.8) is 0 Å². The Morgan fingerprint density at radius 1 is 1.37 bits per heavy atom. The summed E-state index contributed by atoms with van der Waals surface area (Å²) in [6, 6.07) is 2.97. The number of hydrogen-bond donors (Lipinski definition) is 1. The Kier molecular flexibility index (Phi) is 3.26. The molecule has 19 heavy (non-hydrogen) atoms. The van der Waals surface area contributed by atoms with Crippen molar-refractivity contribution in [1.82, 2.24) is 4.90 Å². The van der Waals surface area contributed by atoms with E-state index >= 15 is 0 Å². The summed E-state index contributed by atoms with van der Waals surface area (Å²) in [5.41, 5.74) is -1.34. The van der Waals surface area contributed by atoms with Crippen LogP contribution in [0, 0.1) is 17.0 Å². The number of carbonyl (C=O) groups is 2. The summed E-state index contributed by atoms with van der Waals surface area (Å²) in [4.78, 5) is 24.1. The fourth-order valence-electron chi connectivity index (χ4n) is 2.00. The van der Waals surface area contributed by atoms with Crippen LogP contribution in [0.3, 0.4) is 0 Å². The van der Waals surface area contributed by atoms with Gasteiger partial charge >= 0.3 is 5.97 Å². The molecule has 0 bridgehead atoms. The Bertz CT molecular complexity index is 541. The first-order valence-corrected chi connectivity index (χ1v) is 5.80. The molecule has 0 radical (unpaired) electrons. The number of halogens is 2. The third-order valence-corrected chi connectivity index (χ3v) is 3.33. The second-order valence-electron chi connectivity index (χ2n) is 4.78. The van der Waals surface area contributed by atoms with E-state index in [0.717, 1.165) is 23.1 Å². The van der Waals surface area contributed by atoms with Crippen molar-refractivity contribution in [2.75, 3.05) is 7.05 Å². The Morgan fingerprint density at radius 3 is 2.53 bits per heavy atom. The van der Waals surface area contributed by atoms with Crippen molar-refractivity contribution >= 4 is 11.9 Å². The molecule has 6 heteroatoms. The highest BCUT2D eigenvalue weighted by atomic mass is 19.1. The maximum Gasteiger partial charge on any atom is 0.319 e. The zero-order valence-corrected chi connectivity index (χ0v) is 10.3. The first-order chi connectivity index (χ1) is 8.86. The molecule has 0 atom stereocenters. The molecule has 1 aliphatic rings. The lowest BCUT2D eigenvalue weighted by Crippen LogP contribution is -2.38. The number of rotatable bonds is 4. The molecule has 0 spiro atoms. The number of nitrogens with zero attached hydrogens (tertiary/aromatic N) is 1. The minimum Gasteiger partial charge on any atom is -0.480 e. The average Bonchev–Trinajstić information content (AvgIpc) is 3.14. The molecule has 1 saturated carbocycles. The van der Waals surface area contributed by atoms with E-state index in [9.17, 15) is 18.4 Å². The van der Waals surface area contributed by atoms with Gasteiger partial charge in [-0.2, -0.15) is 0 Å². The van der Waals surface area contributed by atoms with Crippen molar-refractivity contribution < 1.29 is 23.5 Å². The molecule has 0 unspecified atom stereocenters. The fourth-order valence-corrected chi connectivity index (χ4v) is 2.00. The summed E-state index contributed by atoms with van der Waals surface area (Å²) in [7, 11) is 1.38. The van der Waals surface area contributed by atoms with Gasteiger partial charge in [-0.25, -0.2) is 8.78 Å². The molecule has 1 aromatic rings. The van der Waals surface area contributed by atoms with Crippen LogP contribution in [0.1, 0.15) is 18.4 Å². The fraction of sp³-hybridized carbons (Fsp3) is 0.385. The molecule has 1 fully saturated rings. The molecule has 4 nitrogen and oxygen atoms in total. The Labute approximate surface area is 108 Å². The van der Waals surface area contributed by atoms with Crippen molar-refractivity contribution in [2.24, 2.45) is 5.41 Å². The van der Waals surface area contributed by atoms with Gasteiger partial charge in [-0.3, -0.25) is 9.59 Å². The predicted molar refractivity (Wildman–Crippen MR) is 62.1 cm³/mol. The van der Waals surface area contributed by atoms with Crippen LogP contribution in [0.15, 0.2) is 18.2 Å². The second kappa shape index (κ2) is 4.60. The maximum atomic E-state index is 13.4. The lowest BCUT2D eigenvalue weighted by Gasteiger charge is -2.21. The average molecular weight is 269 g/mol. The highest BCUT2D eigenvalue weighted by Gasteiger charge is 2.58. The van der Waals surface area contributed by atoms with E-state index in [1.165, 1.54) is 7.05 Å². The zero-order chi connectivity index (χ0) is 14.2. The van der Waals surface area contributed by atoms with E-state index in [0.29, 0.717) is 0 Å². The lowest BCUT2D eigenvalue weighted by molar-refractivity contribution is -0.153. The van der Waals surface area contributed by atoms with E-state index in [1.807, 2.05) is 0 Å². The largest absolute Gasteiger partial charge is 0.480 e. The van der Waals surface area contributed by atoms with Gasteiger partial charge in [0.05, 0.1) is 0 Å². The SMILES string of the molecule is CN(Cc1cc(F)ccc1F)C(=O)C1(C(=O)O)CC1. The Morgan fingerprint density at radius 2 is 2.00 bits per heavy atom. The van der Waals surface area contributed by atoms with Gasteiger partial charge in [0.15, 0.2) is 0 Å². The van der Waals surface area contributed by atoms with Gasteiger partial charge < -0.3 is 10.0 Å². The smallest absolute Gasteiger partial charge is 0.319 e.